The summed E-state index contributed by atoms with van der Waals surface area (Å²) >= 11 is 0. The minimum Gasteiger partial charge on any atom is -0.494 e. The van der Waals surface area contributed by atoms with Crippen LogP contribution >= 0.6 is 0 Å². The number of methoxy groups -OCH3 is 1. The van der Waals surface area contributed by atoms with Crippen LogP contribution in [0.15, 0.2) is 36.4 Å². The van der Waals surface area contributed by atoms with E-state index in [4.69, 9.17) is 9.47 Å². The lowest BCUT2D eigenvalue weighted by Crippen LogP contribution is -2.30. The zero-order valence-corrected chi connectivity index (χ0v) is 15.4. The Morgan fingerprint density at radius 1 is 1.15 bits per heavy atom. The number of rotatable bonds is 6. The maximum Gasteiger partial charge on any atom is 0.311 e. The zero-order valence-electron chi connectivity index (χ0n) is 15.4. The Morgan fingerprint density at radius 3 is 2.67 bits per heavy atom. The first-order chi connectivity index (χ1) is 13.0. The van der Waals surface area contributed by atoms with E-state index in [2.05, 4.69) is 5.32 Å². The molecule has 1 atom stereocenters. The first-order valence-corrected chi connectivity index (χ1v) is 8.91. The van der Waals surface area contributed by atoms with E-state index in [1.807, 2.05) is 18.2 Å². The molecule has 5 nitrogen and oxygen atoms in total. The highest BCUT2D eigenvalue weighted by molar-refractivity contribution is 5.95. The van der Waals surface area contributed by atoms with E-state index in [0.717, 1.165) is 19.3 Å². The Hall–Kier alpha value is -2.89. The molecule has 0 spiro atoms. The monoisotopic (exact) mass is 371 g/mol. The Labute approximate surface area is 157 Å². The second-order valence-corrected chi connectivity index (χ2v) is 6.60. The summed E-state index contributed by atoms with van der Waals surface area (Å²) in [6.07, 6.45) is 2.14. The lowest BCUT2D eigenvalue weighted by Gasteiger charge is -2.14. The Morgan fingerprint density at radius 2 is 1.93 bits per heavy atom. The van der Waals surface area contributed by atoms with Gasteiger partial charge in [0.2, 0.25) is 0 Å². The summed E-state index contributed by atoms with van der Waals surface area (Å²) < 4.78 is 23.7. The number of esters is 1. The van der Waals surface area contributed by atoms with Gasteiger partial charge in [-0.15, -0.1) is 0 Å². The van der Waals surface area contributed by atoms with Crippen molar-refractivity contribution >= 4 is 17.6 Å². The van der Waals surface area contributed by atoms with E-state index >= 15 is 0 Å². The Kier molecular flexibility index (Phi) is 5.74. The Bertz CT molecular complexity index is 865. The van der Waals surface area contributed by atoms with Crippen LogP contribution in [0, 0.1) is 5.82 Å². The highest BCUT2D eigenvalue weighted by atomic mass is 19.1. The number of halogens is 1. The van der Waals surface area contributed by atoms with Crippen LogP contribution < -0.4 is 10.1 Å². The number of nitrogens with one attached hydrogen (secondary N) is 1. The van der Waals surface area contributed by atoms with E-state index in [0.29, 0.717) is 11.3 Å². The van der Waals surface area contributed by atoms with Crippen molar-refractivity contribution in [3.8, 4) is 5.75 Å². The molecule has 0 saturated heterocycles. The van der Waals surface area contributed by atoms with Crippen LogP contribution in [0.25, 0.3) is 0 Å². The van der Waals surface area contributed by atoms with Gasteiger partial charge in [-0.25, -0.2) is 4.39 Å². The van der Waals surface area contributed by atoms with E-state index in [1.54, 1.807) is 6.07 Å². The second kappa shape index (κ2) is 8.20. The number of carbonyl (C=O) groups is 2. The van der Waals surface area contributed by atoms with Gasteiger partial charge < -0.3 is 14.8 Å². The van der Waals surface area contributed by atoms with Crippen molar-refractivity contribution in [2.45, 2.75) is 38.7 Å². The van der Waals surface area contributed by atoms with Crippen molar-refractivity contribution in [3.05, 3.63) is 58.9 Å². The van der Waals surface area contributed by atoms with Gasteiger partial charge >= 0.3 is 5.97 Å². The average Bonchev–Trinajstić information content (AvgIpc) is 3.09. The maximum absolute atomic E-state index is 13.7. The van der Waals surface area contributed by atoms with E-state index < -0.39 is 23.8 Å². The first-order valence-electron chi connectivity index (χ1n) is 8.91. The number of benzene rings is 2. The molecule has 27 heavy (non-hydrogen) atoms. The largest absolute Gasteiger partial charge is 0.494 e. The predicted octanol–water partition coefficient (Wildman–Crippen LogP) is 3.44. The van der Waals surface area contributed by atoms with E-state index in [1.165, 1.54) is 37.3 Å². The number of anilines is 1. The highest BCUT2D eigenvalue weighted by Gasteiger charge is 2.19. The van der Waals surface area contributed by atoms with Gasteiger partial charge in [-0.3, -0.25) is 9.59 Å². The van der Waals surface area contributed by atoms with E-state index in [9.17, 15) is 14.0 Å². The average molecular weight is 371 g/mol. The fraction of sp³-hybridized carbons (Fsp3) is 0.333. The fourth-order valence-corrected chi connectivity index (χ4v) is 3.17. The molecule has 1 aliphatic carbocycles. The molecule has 3 rings (SSSR count). The molecule has 0 radical (unpaired) electrons. The topological polar surface area (TPSA) is 64.6 Å². The van der Waals surface area contributed by atoms with Crippen LogP contribution in [-0.4, -0.2) is 25.1 Å². The smallest absolute Gasteiger partial charge is 0.311 e. The SMILES string of the molecule is COc1ccc(CC(=O)O[C@@H](C)C(=O)Nc2ccc3c(c2)CCC3)cc1F. The van der Waals surface area contributed by atoms with Gasteiger partial charge in [-0.2, -0.15) is 0 Å². The van der Waals surface area contributed by atoms with Crippen molar-refractivity contribution < 1.29 is 23.5 Å². The van der Waals surface area contributed by atoms with Crippen LogP contribution in [0.5, 0.6) is 5.75 Å². The molecule has 0 saturated carbocycles. The van der Waals surface area contributed by atoms with Gasteiger partial charge in [-0.05, 0) is 67.1 Å². The summed E-state index contributed by atoms with van der Waals surface area (Å²) in [5, 5.41) is 2.77. The quantitative estimate of drug-likeness (QED) is 0.790. The van der Waals surface area contributed by atoms with Crippen LogP contribution in [0.3, 0.4) is 0 Å². The number of aryl methyl sites for hydroxylation is 2. The third kappa shape index (κ3) is 4.64. The molecule has 0 aromatic heterocycles. The van der Waals surface area contributed by atoms with Gasteiger partial charge in [0.15, 0.2) is 17.7 Å². The molecule has 0 unspecified atom stereocenters. The van der Waals surface area contributed by atoms with Crippen molar-refractivity contribution in [2.75, 3.05) is 12.4 Å². The van der Waals surface area contributed by atoms with Crippen LogP contribution in [0.4, 0.5) is 10.1 Å². The summed E-state index contributed by atoms with van der Waals surface area (Å²) in [7, 11) is 1.37. The number of ether oxygens (including phenoxy) is 2. The molecule has 142 valence electrons. The molecule has 2 aromatic carbocycles. The van der Waals surface area contributed by atoms with Crippen LogP contribution in [0.2, 0.25) is 0 Å². The Balaban J connectivity index is 1.54. The summed E-state index contributed by atoms with van der Waals surface area (Å²) in [5.41, 5.74) is 3.71. The summed E-state index contributed by atoms with van der Waals surface area (Å²) in [5.74, 6) is -1.45. The van der Waals surface area contributed by atoms with E-state index in [-0.39, 0.29) is 12.2 Å². The standard InChI is InChI=1S/C21H22FNO4/c1-13(21(25)23-17-8-7-15-4-3-5-16(15)12-17)27-20(24)11-14-6-9-19(26-2)18(22)10-14/h6-10,12-13H,3-5,11H2,1-2H3,(H,23,25)/t13-/m0/s1. The van der Waals surface area contributed by atoms with Crippen molar-refractivity contribution in [1.29, 1.82) is 0 Å². The lowest BCUT2D eigenvalue weighted by molar-refractivity contribution is -0.152. The molecule has 1 N–H and O–H groups in total. The van der Waals surface area contributed by atoms with Crippen molar-refractivity contribution in [3.63, 3.8) is 0 Å². The van der Waals surface area contributed by atoms with Crippen LogP contribution in [0.1, 0.15) is 30.0 Å². The minimum absolute atomic E-state index is 0.106. The first kappa shape index (κ1) is 18.9. The number of hydrogen-bond acceptors (Lipinski definition) is 4. The molecule has 0 heterocycles. The molecule has 2 aromatic rings. The normalized spacial score (nSPS) is 13.6. The molecule has 0 fully saturated rings. The van der Waals surface area contributed by atoms with Gasteiger partial charge in [0.05, 0.1) is 13.5 Å². The van der Waals surface area contributed by atoms with Gasteiger partial charge in [0, 0.05) is 5.69 Å². The summed E-state index contributed by atoms with van der Waals surface area (Å²) in [6.45, 7) is 1.51. The molecule has 0 bridgehead atoms. The number of fused-ring (bicyclic) bond motifs is 1. The van der Waals surface area contributed by atoms with Gasteiger partial charge in [0.1, 0.15) is 0 Å². The van der Waals surface area contributed by atoms with Crippen molar-refractivity contribution in [2.24, 2.45) is 0 Å². The molecule has 6 heteroatoms. The number of carbonyl (C=O) groups excluding carboxylic acids is 2. The fourth-order valence-electron chi connectivity index (χ4n) is 3.17. The predicted molar refractivity (Wildman–Crippen MR) is 99.3 cm³/mol. The minimum atomic E-state index is -0.950. The van der Waals surface area contributed by atoms with Gasteiger partial charge in [0.25, 0.3) is 5.91 Å². The molecular formula is C21H22FNO4. The number of amides is 1. The van der Waals surface area contributed by atoms with Crippen LogP contribution in [-0.2, 0) is 33.6 Å². The van der Waals surface area contributed by atoms with Gasteiger partial charge in [-0.1, -0.05) is 12.1 Å². The summed E-state index contributed by atoms with van der Waals surface area (Å²) in [4.78, 5) is 24.3. The highest BCUT2D eigenvalue weighted by Crippen LogP contribution is 2.25. The maximum atomic E-state index is 13.7. The zero-order chi connectivity index (χ0) is 19.4. The summed E-state index contributed by atoms with van der Waals surface area (Å²) in [6, 6.07) is 10.1. The third-order valence-corrected chi connectivity index (χ3v) is 4.61. The second-order valence-electron chi connectivity index (χ2n) is 6.60. The molecule has 1 amide bonds. The molecule has 0 aliphatic heterocycles. The number of hydrogen-bond donors (Lipinski definition) is 1. The molecule has 1 aliphatic rings. The third-order valence-electron chi connectivity index (χ3n) is 4.61. The van der Waals surface area contributed by atoms with Crippen molar-refractivity contribution in [1.82, 2.24) is 0 Å². The lowest BCUT2D eigenvalue weighted by atomic mass is 10.1. The molecular weight excluding hydrogens is 349 g/mol.